The van der Waals surface area contributed by atoms with Crippen molar-refractivity contribution in [2.75, 3.05) is 27.2 Å². The number of halogens is 1. The first-order valence-electron chi connectivity index (χ1n) is 7.00. The Bertz CT molecular complexity index is 527. The maximum Gasteiger partial charge on any atom is 0.407 e. The number of carbonyl (C=O) groups is 2. The van der Waals surface area contributed by atoms with Gasteiger partial charge in [0.05, 0.1) is 0 Å². The minimum Gasteiger partial charge on any atom is -0.465 e. The Hall–Kier alpha value is -1.57. The van der Waals surface area contributed by atoms with Gasteiger partial charge in [-0.25, -0.2) is 4.79 Å². The van der Waals surface area contributed by atoms with Crippen LogP contribution in [0.1, 0.15) is 12.0 Å². The predicted molar refractivity (Wildman–Crippen MR) is 94.9 cm³/mol. The van der Waals surface area contributed by atoms with Gasteiger partial charge >= 0.3 is 6.09 Å². The third-order valence-electron chi connectivity index (χ3n) is 3.12. The molecule has 22 heavy (non-hydrogen) atoms. The molecule has 0 aliphatic rings. The topological polar surface area (TPSA) is 60.9 Å². The lowest BCUT2D eigenvalue weighted by molar-refractivity contribution is -0.123. The largest absolute Gasteiger partial charge is 0.465 e. The van der Waals surface area contributed by atoms with E-state index < -0.39 is 6.09 Å². The SMILES string of the molecule is CN(C)C(=O)C=CCCN(CCc1ccc(I)cc1)C(=O)O. The van der Waals surface area contributed by atoms with Crippen LogP contribution >= 0.6 is 22.6 Å². The van der Waals surface area contributed by atoms with Crippen LogP contribution in [0.25, 0.3) is 0 Å². The molecule has 0 saturated heterocycles. The Morgan fingerprint density at radius 1 is 1.18 bits per heavy atom. The van der Waals surface area contributed by atoms with Gasteiger partial charge in [0.15, 0.2) is 0 Å². The Morgan fingerprint density at radius 2 is 1.82 bits per heavy atom. The molecule has 0 bridgehead atoms. The maximum absolute atomic E-state index is 11.4. The Balaban J connectivity index is 2.44. The average Bonchev–Trinajstić information content (AvgIpc) is 2.47. The lowest BCUT2D eigenvalue weighted by atomic mass is 10.1. The normalized spacial score (nSPS) is 10.7. The van der Waals surface area contributed by atoms with Crippen LogP contribution in [0.3, 0.4) is 0 Å². The van der Waals surface area contributed by atoms with E-state index in [9.17, 15) is 14.7 Å². The highest BCUT2D eigenvalue weighted by Gasteiger charge is 2.10. The molecular formula is C16H21IN2O3. The molecule has 0 atom stereocenters. The minimum absolute atomic E-state index is 0.0965. The molecule has 0 saturated carbocycles. The molecule has 1 aromatic rings. The van der Waals surface area contributed by atoms with Crippen LogP contribution in [0, 0.1) is 3.57 Å². The van der Waals surface area contributed by atoms with Gasteiger partial charge in [0.25, 0.3) is 0 Å². The molecule has 0 aromatic heterocycles. The molecule has 0 unspecified atom stereocenters. The molecule has 5 nitrogen and oxygen atoms in total. The van der Waals surface area contributed by atoms with Crippen LogP contribution in [0.2, 0.25) is 0 Å². The van der Waals surface area contributed by atoms with E-state index in [1.165, 1.54) is 15.9 Å². The number of rotatable bonds is 7. The van der Waals surface area contributed by atoms with Gasteiger partial charge in [-0.15, -0.1) is 0 Å². The fourth-order valence-corrected chi connectivity index (χ4v) is 2.14. The van der Waals surface area contributed by atoms with Crippen LogP contribution in [-0.4, -0.2) is 54.1 Å². The molecule has 0 aliphatic carbocycles. The zero-order chi connectivity index (χ0) is 16.5. The molecule has 1 rings (SSSR count). The summed E-state index contributed by atoms with van der Waals surface area (Å²) in [6.45, 7) is 0.836. The van der Waals surface area contributed by atoms with E-state index in [0.717, 1.165) is 9.13 Å². The standard InChI is InChI=1S/C16H21IN2O3/c1-18(2)15(20)5-3-4-11-19(16(21)22)12-10-13-6-8-14(17)9-7-13/h3,5-9H,4,10-12H2,1-2H3,(H,21,22). The molecular weight excluding hydrogens is 395 g/mol. The van der Waals surface area contributed by atoms with Crippen molar-refractivity contribution in [2.24, 2.45) is 0 Å². The Labute approximate surface area is 144 Å². The van der Waals surface area contributed by atoms with Crippen LogP contribution in [0.4, 0.5) is 4.79 Å². The van der Waals surface area contributed by atoms with Crippen LogP contribution in [0.15, 0.2) is 36.4 Å². The molecule has 120 valence electrons. The van der Waals surface area contributed by atoms with Crippen molar-refractivity contribution in [1.82, 2.24) is 9.80 Å². The van der Waals surface area contributed by atoms with Gasteiger partial charge < -0.3 is 14.9 Å². The van der Waals surface area contributed by atoms with Gasteiger partial charge in [-0.3, -0.25) is 4.79 Å². The summed E-state index contributed by atoms with van der Waals surface area (Å²) in [6.07, 6.45) is 3.46. The Kier molecular flexibility index (Phi) is 7.94. The fourth-order valence-electron chi connectivity index (χ4n) is 1.78. The van der Waals surface area contributed by atoms with Gasteiger partial charge in [0, 0.05) is 30.8 Å². The second-order valence-electron chi connectivity index (χ2n) is 5.07. The molecule has 0 spiro atoms. The van der Waals surface area contributed by atoms with Crippen LogP contribution < -0.4 is 0 Å². The first kappa shape index (κ1) is 18.5. The predicted octanol–water partition coefficient (Wildman–Crippen LogP) is 2.85. The highest BCUT2D eigenvalue weighted by molar-refractivity contribution is 14.1. The summed E-state index contributed by atoms with van der Waals surface area (Å²) in [4.78, 5) is 25.5. The summed E-state index contributed by atoms with van der Waals surface area (Å²) < 4.78 is 1.16. The van der Waals surface area contributed by atoms with Crippen LogP contribution in [0.5, 0.6) is 0 Å². The van der Waals surface area contributed by atoms with Gasteiger partial charge in [-0.1, -0.05) is 18.2 Å². The van der Waals surface area contributed by atoms with Gasteiger partial charge in [0.2, 0.25) is 5.91 Å². The number of hydrogen-bond donors (Lipinski definition) is 1. The molecule has 0 heterocycles. The first-order valence-corrected chi connectivity index (χ1v) is 8.08. The Morgan fingerprint density at radius 3 is 2.36 bits per heavy atom. The molecule has 0 fully saturated rings. The molecule has 0 radical (unpaired) electrons. The van der Waals surface area contributed by atoms with E-state index >= 15 is 0 Å². The van der Waals surface area contributed by atoms with E-state index in [0.29, 0.717) is 25.9 Å². The molecule has 2 amide bonds. The van der Waals surface area contributed by atoms with Crippen molar-refractivity contribution in [2.45, 2.75) is 12.8 Å². The monoisotopic (exact) mass is 416 g/mol. The molecule has 1 N–H and O–H groups in total. The summed E-state index contributed by atoms with van der Waals surface area (Å²) in [5, 5.41) is 9.22. The lowest BCUT2D eigenvalue weighted by Crippen LogP contribution is -2.32. The maximum atomic E-state index is 11.4. The second kappa shape index (κ2) is 9.45. The van der Waals surface area contributed by atoms with Crippen molar-refractivity contribution in [3.63, 3.8) is 0 Å². The smallest absolute Gasteiger partial charge is 0.407 e. The third kappa shape index (κ3) is 6.93. The summed E-state index contributed by atoms with van der Waals surface area (Å²) in [5.41, 5.74) is 1.12. The van der Waals surface area contributed by atoms with Crippen molar-refractivity contribution >= 4 is 34.6 Å². The highest BCUT2D eigenvalue weighted by Crippen LogP contribution is 2.08. The lowest BCUT2D eigenvalue weighted by Gasteiger charge is -2.18. The number of benzene rings is 1. The number of amides is 2. The third-order valence-corrected chi connectivity index (χ3v) is 3.84. The molecule has 6 heteroatoms. The minimum atomic E-state index is -0.933. The number of hydrogen-bond acceptors (Lipinski definition) is 2. The fraction of sp³-hybridized carbons (Fsp3) is 0.375. The number of carboxylic acid groups (broad SMARTS) is 1. The summed E-state index contributed by atoms with van der Waals surface area (Å²) in [5.74, 6) is -0.0965. The zero-order valence-corrected chi connectivity index (χ0v) is 15.0. The van der Waals surface area contributed by atoms with Gasteiger partial charge in [0.1, 0.15) is 0 Å². The number of likely N-dealkylation sites (N-methyl/N-ethyl adjacent to an activating group) is 1. The van der Waals surface area contributed by atoms with E-state index in [-0.39, 0.29) is 5.91 Å². The van der Waals surface area contributed by atoms with Crippen molar-refractivity contribution in [3.8, 4) is 0 Å². The second-order valence-corrected chi connectivity index (χ2v) is 6.32. The van der Waals surface area contributed by atoms with Crippen LogP contribution in [-0.2, 0) is 11.2 Å². The first-order chi connectivity index (χ1) is 10.4. The molecule has 1 aromatic carbocycles. The van der Waals surface area contributed by atoms with Crippen molar-refractivity contribution in [1.29, 1.82) is 0 Å². The van der Waals surface area contributed by atoms with E-state index in [2.05, 4.69) is 22.6 Å². The van der Waals surface area contributed by atoms with E-state index in [4.69, 9.17) is 0 Å². The quantitative estimate of drug-likeness (QED) is 0.550. The highest BCUT2D eigenvalue weighted by atomic mass is 127. The summed E-state index contributed by atoms with van der Waals surface area (Å²) >= 11 is 2.24. The van der Waals surface area contributed by atoms with E-state index in [1.807, 2.05) is 24.3 Å². The number of carbonyl (C=O) groups excluding carboxylic acids is 1. The van der Waals surface area contributed by atoms with Gasteiger partial charge in [-0.2, -0.15) is 0 Å². The average molecular weight is 416 g/mol. The molecule has 0 aliphatic heterocycles. The zero-order valence-electron chi connectivity index (χ0n) is 12.8. The van der Waals surface area contributed by atoms with Gasteiger partial charge in [-0.05, 0) is 59.2 Å². The van der Waals surface area contributed by atoms with Crippen molar-refractivity contribution in [3.05, 3.63) is 45.6 Å². The number of nitrogens with zero attached hydrogens (tertiary/aromatic N) is 2. The summed E-state index contributed by atoms with van der Waals surface area (Å²) in [6, 6.07) is 8.04. The van der Waals surface area contributed by atoms with E-state index in [1.54, 1.807) is 20.2 Å². The van der Waals surface area contributed by atoms with Crippen molar-refractivity contribution < 1.29 is 14.7 Å². The summed E-state index contributed by atoms with van der Waals surface area (Å²) in [7, 11) is 3.36.